The third-order valence-corrected chi connectivity index (χ3v) is 4.50. The minimum absolute atomic E-state index is 0.167. The summed E-state index contributed by atoms with van der Waals surface area (Å²) in [6.07, 6.45) is 4.07. The maximum Gasteiger partial charge on any atom is 0.225 e. The highest BCUT2D eigenvalue weighted by Gasteiger charge is 2.19. The Hall–Kier alpha value is -1.48. The van der Waals surface area contributed by atoms with E-state index in [1.165, 1.54) is 0 Å². The van der Waals surface area contributed by atoms with Crippen molar-refractivity contribution in [2.75, 3.05) is 5.75 Å². The minimum atomic E-state index is -0.302. The first-order chi connectivity index (χ1) is 7.77. The van der Waals surface area contributed by atoms with Gasteiger partial charge in [0.25, 0.3) is 0 Å². The van der Waals surface area contributed by atoms with Gasteiger partial charge in [0.1, 0.15) is 0 Å². The van der Waals surface area contributed by atoms with Gasteiger partial charge in [-0.05, 0) is 22.1 Å². The maximum absolute atomic E-state index is 11.5. The molecule has 1 unspecified atom stereocenters. The van der Waals surface area contributed by atoms with Crippen molar-refractivity contribution in [3.63, 3.8) is 0 Å². The van der Waals surface area contributed by atoms with E-state index in [4.69, 9.17) is 5.73 Å². The lowest BCUT2D eigenvalue weighted by Crippen LogP contribution is -2.23. The Morgan fingerprint density at radius 1 is 1.19 bits per heavy atom. The molecule has 1 aliphatic rings. The predicted octanol–water partition coefficient (Wildman–Crippen LogP) is 2.30. The van der Waals surface area contributed by atoms with E-state index in [-0.39, 0.29) is 22.7 Å². The smallest absolute Gasteiger partial charge is 0.225 e. The Bertz CT molecular complexity index is 413. The average Bonchev–Trinajstić information content (AvgIpc) is 2.79. The van der Waals surface area contributed by atoms with Gasteiger partial charge in [0.2, 0.25) is 5.91 Å². The molecular formula is C13H15NOS. The van der Waals surface area contributed by atoms with E-state index in [1.54, 1.807) is 0 Å². The summed E-state index contributed by atoms with van der Waals surface area (Å²) in [5, 5.41) is 4.32. The number of carbonyl (C=O) groups excluding carboxylic acids is 1. The zero-order valence-corrected chi connectivity index (χ0v) is 9.81. The first-order valence-electron chi connectivity index (χ1n) is 5.22. The largest absolute Gasteiger partial charge is 0.369 e. The fraction of sp³-hybridized carbons (Fsp3) is 0.154. The SMILES string of the molecule is NC(=O)C(C[SH]1C=CC=C1)c1ccccc1. The Kier molecular flexibility index (Phi) is 3.47. The molecule has 0 saturated heterocycles. The van der Waals surface area contributed by atoms with Crippen LogP contribution in [0.5, 0.6) is 0 Å². The molecule has 1 aliphatic heterocycles. The van der Waals surface area contributed by atoms with Crippen molar-refractivity contribution in [2.45, 2.75) is 5.92 Å². The Morgan fingerprint density at radius 3 is 2.38 bits per heavy atom. The second-order valence-corrected chi connectivity index (χ2v) is 5.74. The summed E-state index contributed by atoms with van der Waals surface area (Å²) in [6, 6.07) is 9.77. The molecule has 0 aromatic heterocycles. The number of hydrogen-bond acceptors (Lipinski definition) is 1. The molecule has 0 spiro atoms. The van der Waals surface area contributed by atoms with Gasteiger partial charge in [0.15, 0.2) is 0 Å². The van der Waals surface area contributed by atoms with Gasteiger partial charge < -0.3 is 5.73 Å². The molecule has 1 heterocycles. The van der Waals surface area contributed by atoms with Crippen molar-refractivity contribution in [2.24, 2.45) is 5.73 Å². The van der Waals surface area contributed by atoms with Crippen molar-refractivity contribution in [3.8, 4) is 0 Å². The van der Waals surface area contributed by atoms with Gasteiger partial charge in [-0.15, -0.1) is 0 Å². The van der Waals surface area contributed by atoms with Crippen LogP contribution < -0.4 is 5.73 Å². The van der Waals surface area contributed by atoms with Crippen molar-refractivity contribution in [3.05, 3.63) is 58.9 Å². The molecule has 0 aliphatic carbocycles. The molecule has 2 nitrogen and oxygen atoms in total. The Labute approximate surface area is 98.2 Å². The van der Waals surface area contributed by atoms with E-state index in [2.05, 4.69) is 10.8 Å². The van der Waals surface area contributed by atoms with Crippen LogP contribution in [0, 0.1) is 0 Å². The van der Waals surface area contributed by atoms with Crippen LogP contribution in [0.1, 0.15) is 11.5 Å². The first-order valence-corrected chi connectivity index (χ1v) is 6.89. The number of amides is 1. The predicted molar refractivity (Wildman–Crippen MR) is 70.5 cm³/mol. The highest BCUT2D eigenvalue weighted by Crippen LogP contribution is 2.37. The molecule has 2 N–H and O–H groups in total. The summed E-state index contributed by atoms with van der Waals surface area (Å²) in [4.78, 5) is 11.5. The quantitative estimate of drug-likeness (QED) is 0.770. The van der Waals surface area contributed by atoms with E-state index < -0.39 is 0 Å². The van der Waals surface area contributed by atoms with Crippen LogP contribution in [0.3, 0.4) is 0 Å². The summed E-state index contributed by atoms with van der Waals surface area (Å²) in [5.41, 5.74) is 6.49. The summed E-state index contributed by atoms with van der Waals surface area (Å²) in [6.45, 7) is 0. The minimum Gasteiger partial charge on any atom is -0.369 e. The van der Waals surface area contributed by atoms with Gasteiger partial charge in [-0.3, -0.25) is 4.79 Å². The van der Waals surface area contributed by atoms with Gasteiger partial charge in [-0.25, -0.2) is 10.9 Å². The molecular weight excluding hydrogens is 218 g/mol. The van der Waals surface area contributed by atoms with Gasteiger partial charge in [0.05, 0.1) is 5.92 Å². The third kappa shape index (κ3) is 2.55. The number of thiol groups is 1. The lowest BCUT2D eigenvalue weighted by molar-refractivity contribution is -0.118. The second kappa shape index (κ2) is 5.03. The van der Waals surface area contributed by atoms with Crippen LogP contribution in [0.2, 0.25) is 0 Å². The van der Waals surface area contributed by atoms with E-state index in [0.717, 1.165) is 11.3 Å². The molecule has 84 valence electrons. The van der Waals surface area contributed by atoms with Crippen LogP contribution in [-0.4, -0.2) is 11.7 Å². The number of primary amides is 1. The fourth-order valence-corrected chi connectivity index (χ4v) is 3.54. The summed E-state index contributed by atoms with van der Waals surface area (Å²) in [7, 11) is -0.302. The number of nitrogens with two attached hydrogens (primary N) is 1. The molecule has 0 saturated carbocycles. The van der Waals surface area contributed by atoms with Crippen molar-refractivity contribution >= 4 is 16.8 Å². The topological polar surface area (TPSA) is 43.1 Å². The summed E-state index contributed by atoms with van der Waals surface area (Å²) in [5.74, 6) is 0.420. The van der Waals surface area contributed by atoms with Crippen molar-refractivity contribution < 1.29 is 4.79 Å². The lowest BCUT2D eigenvalue weighted by atomic mass is 10.0. The number of benzene rings is 1. The Balaban J connectivity index is 2.15. The van der Waals surface area contributed by atoms with E-state index in [9.17, 15) is 4.79 Å². The second-order valence-electron chi connectivity index (χ2n) is 3.75. The van der Waals surface area contributed by atoms with Crippen LogP contribution >= 0.6 is 10.9 Å². The maximum atomic E-state index is 11.5. The van der Waals surface area contributed by atoms with E-state index in [1.807, 2.05) is 42.5 Å². The number of rotatable bonds is 4. The molecule has 0 fully saturated rings. The molecule has 3 heteroatoms. The number of allylic oxidation sites excluding steroid dienone is 2. The highest BCUT2D eigenvalue weighted by molar-refractivity contribution is 8.22. The molecule has 16 heavy (non-hydrogen) atoms. The van der Waals surface area contributed by atoms with Gasteiger partial charge in [-0.2, -0.15) is 0 Å². The van der Waals surface area contributed by atoms with E-state index >= 15 is 0 Å². The first kappa shape index (κ1) is 11.0. The monoisotopic (exact) mass is 233 g/mol. The molecule has 0 bridgehead atoms. The van der Waals surface area contributed by atoms with Gasteiger partial charge in [0, 0.05) is 0 Å². The number of carbonyl (C=O) groups is 1. The average molecular weight is 233 g/mol. The molecule has 1 aromatic carbocycles. The van der Waals surface area contributed by atoms with Gasteiger partial charge in [-0.1, -0.05) is 42.5 Å². The molecule has 0 radical (unpaired) electrons. The molecule has 1 amide bonds. The van der Waals surface area contributed by atoms with Gasteiger partial charge >= 0.3 is 0 Å². The third-order valence-electron chi connectivity index (χ3n) is 2.60. The van der Waals surface area contributed by atoms with Crippen LogP contribution in [0.15, 0.2) is 53.3 Å². The molecule has 1 aromatic rings. The van der Waals surface area contributed by atoms with Crippen LogP contribution in [0.25, 0.3) is 0 Å². The Morgan fingerprint density at radius 2 is 1.81 bits per heavy atom. The normalized spacial score (nSPS) is 17.6. The molecule has 2 rings (SSSR count). The molecule has 1 atom stereocenters. The van der Waals surface area contributed by atoms with Crippen molar-refractivity contribution in [1.29, 1.82) is 0 Å². The number of hydrogen-bond donors (Lipinski definition) is 2. The standard InChI is InChI=1S/C13H15NOS/c14-13(15)12(10-16-8-4-5-9-16)11-6-2-1-3-7-11/h1-9,12,16H,10H2,(H2,14,15). The van der Waals surface area contributed by atoms with Crippen LogP contribution in [-0.2, 0) is 4.79 Å². The summed E-state index contributed by atoms with van der Waals surface area (Å²) < 4.78 is 0. The zero-order valence-electron chi connectivity index (χ0n) is 8.91. The fourth-order valence-electron chi connectivity index (χ4n) is 1.75. The van der Waals surface area contributed by atoms with Crippen molar-refractivity contribution in [1.82, 2.24) is 0 Å². The summed E-state index contributed by atoms with van der Waals surface area (Å²) >= 11 is 0. The lowest BCUT2D eigenvalue weighted by Gasteiger charge is -2.18. The van der Waals surface area contributed by atoms with Crippen LogP contribution in [0.4, 0.5) is 0 Å². The highest BCUT2D eigenvalue weighted by atomic mass is 32.2. The van der Waals surface area contributed by atoms with E-state index in [0.29, 0.717) is 0 Å². The zero-order chi connectivity index (χ0) is 11.4.